The molecule has 0 fully saturated rings. The average molecular weight is 131 g/mol. The van der Waals surface area contributed by atoms with Crippen molar-refractivity contribution in [1.29, 1.82) is 0 Å². The lowest BCUT2D eigenvalue weighted by Crippen LogP contribution is -1.68. The highest BCUT2D eigenvalue weighted by Gasteiger charge is 1.91. The van der Waals surface area contributed by atoms with Crippen molar-refractivity contribution in [3.8, 4) is 0 Å². The van der Waals surface area contributed by atoms with E-state index in [4.69, 9.17) is 0 Å². The predicted octanol–water partition coefficient (Wildman–Crippen LogP) is 1.88. The Morgan fingerprint density at radius 2 is 2.38 bits per heavy atom. The number of hydrogen-bond donors (Lipinski definition) is 1. The van der Waals surface area contributed by atoms with E-state index in [-0.39, 0.29) is 5.95 Å². The number of aromatic amines is 1. The summed E-state index contributed by atoms with van der Waals surface area (Å²) in [6.07, 6.45) is 1.89. The van der Waals surface area contributed by atoms with Gasteiger partial charge in [-0.1, -0.05) is 0 Å². The largest absolute Gasteiger partial charge is 0.327 e. The normalized spacial score (nSPS) is 9.75. The van der Waals surface area contributed by atoms with Gasteiger partial charge in [0.25, 0.3) is 0 Å². The van der Waals surface area contributed by atoms with Gasteiger partial charge in [0.05, 0.1) is 5.03 Å². The quantitative estimate of drug-likeness (QED) is 0.575. The smallest absolute Gasteiger partial charge is 0.191 e. The van der Waals surface area contributed by atoms with E-state index in [1.54, 1.807) is 6.07 Å². The zero-order chi connectivity index (χ0) is 5.98. The molecule has 8 heavy (non-hydrogen) atoms. The standard InChI is InChI=1S/C5H6FNS/c1-8-5-3-2-4(6)7-5/h2-3,7H,1H3. The lowest BCUT2D eigenvalue weighted by Gasteiger charge is -1.82. The van der Waals surface area contributed by atoms with Crippen molar-refractivity contribution >= 4 is 11.8 Å². The third kappa shape index (κ3) is 1.04. The molecule has 3 heteroatoms. The van der Waals surface area contributed by atoms with Crippen molar-refractivity contribution in [3.05, 3.63) is 18.1 Å². The van der Waals surface area contributed by atoms with Crippen molar-refractivity contribution in [2.45, 2.75) is 5.03 Å². The maximum Gasteiger partial charge on any atom is 0.191 e. The molecule has 0 atom stereocenters. The van der Waals surface area contributed by atoms with Crippen LogP contribution in [0.15, 0.2) is 17.2 Å². The highest BCUT2D eigenvalue weighted by Crippen LogP contribution is 2.11. The zero-order valence-electron chi connectivity index (χ0n) is 4.44. The van der Waals surface area contributed by atoms with E-state index in [1.807, 2.05) is 6.26 Å². The first-order chi connectivity index (χ1) is 3.83. The molecule has 0 aliphatic carbocycles. The molecule has 1 heterocycles. The predicted molar refractivity (Wildman–Crippen MR) is 32.5 cm³/mol. The Bertz CT molecular complexity index is 173. The van der Waals surface area contributed by atoms with Gasteiger partial charge in [-0.15, -0.1) is 11.8 Å². The number of nitrogens with one attached hydrogen (secondary N) is 1. The molecule has 1 rings (SSSR count). The van der Waals surface area contributed by atoms with Gasteiger partial charge in [-0.05, 0) is 18.4 Å². The van der Waals surface area contributed by atoms with Gasteiger partial charge in [-0.3, -0.25) is 0 Å². The van der Waals surface area contributed by atoms with Crippen molar-refractivity contribution in [1.82, 2.24) is 4.98 Å². The maximum absolute atomic E-state index is 12.0. The van der Waals surface area contributed by atoms with E-state index >= 15 is 0 Å². The molecule has 0 saturated heterocycles. The van der Waals surface area contributed by atoms with E-state index in [1.165, 1.54) is 17.8 Å². The fourth-order valence-electron chi connectivity index (χ4n) is 0.469. The number of hydrogen-bond acceptors (Lipinski definition) is 1. The Hall–Kier alpha value is -0.440. The van der Waals surface area contributed by atoms with Gasteiger partial charge in [-0.25, -0.2) is 0 Å². The van der Waals surface area contributed by atoms with Gasteiger partial charge in [-0.2, -0.15) is 4.39 Å². The van der Waals surface area contributed by atoms with Gasteiger partial charge >= 0.3 is 0 Å². The molecular weight excluding hydrogens is 125 g/mol. The topological polar surface area (TPSA) is 15.8 Å². The monoisotopic (exact) mass is 131 g/mol. The van der Waals surface area contributed by atoms with Crippen LogP contribution < -0.4 is 0 Å². The number of rotatable bonds is 1. The van der Waals surface area contributed by atoms with Crippen LogP contribution in [0.5, 0.6) is 0 Å². The lowest BCUT2D eigenvalue weighted by atomic mass is 10.7. The molecule has 44 valence electrons. The van der Waals surface area contributed by atoms with Crippen molar-refractivity contribution in [3.63, 3.8) is 0 Å². The third-order valence-electron chi connectivity index (χ3n) is 0.844. The van der Waals surface area contributed by atoms with E-state index < -0.39 is 0 Å². The molecule has 1 N–H and O–H groups in total. The molecule has 1 aromatic rings. The number of aromatic nitrogens is 1. The van der Waals surface area contributed by atoms with Crippen molar-refractivity contribution in [2.24, 2.45) is 0 Å². The summed E-state index contributed by atoms with van der Waals surface area (Å²) in [6.45, 7) is 0. The van der Waals surface area contributed by atoms with Crippen LogP contribution in [0.25, 0.3) is 0 Å². The van der Waals surface area contributed by atoms with Crippen LogP contribution in [-0.2, 0) is 0 Å². The molecule has 0 unspecified atom stereocenters. The van der Waals surface area contributed by atoms with Crippen LogP contribution in [0.3, 0.4) is 0 Å². The summed E-state index contributed by atoms with van der Waals surface area (Å²) in [6, 6.07) is 3.12. The average Bonchev–Trinajstić information content (AvgIpc) is 2.14. The van der Waals surface area contributed by atoms with Crippen LogP contribution in [0, 0.1) is 5.95 Å². The molecule has 0 aliphatic rings. The van der Waals surface area contributed by atoms with Crippen LogP contribution in [0.2, 0.25) is 0 Å². The fraction of sp³-hybridized carbons (Fsp3) is 0.200. The summed E-state index contributed by atoms with van der Waals surface area (Å²) >= 11 is 1.49. The highest BCUT2D eigenvalue weighted by molar-refractivity contribution is 7.98. The Kier molecular flexibility index (Phi) is 1.58. The number of H-pyrrole nitrogens is 1. The Morgan fingerprint density at radius 1 is 1.62 bits per heavy atom. The number of halogens is 1. The number of thioether (sulfide) groups is 1. The minimum atomic E-state index is -0.269. The molecule has 1 nitrogen and oxygen atoms in total. The maximum atomic E-state index is 12.0. The third-order valence-corrected chi connectivity index (χ3v) is 1.52. The molecule has 0 aliphatic heterocycles. The second-order valence-electron chi connectivity index (χ2n) is 1.37. The molecule has 1 aromatic heterocycles. The van der Waals surface area contributed by atoms with E-state index in [0.29, 0.717) is 0 Å². The first-order valence-electron chi connectivity index (χ1n) is 2.21. The summed E-state index contributed by atoms with van der Waals surface area (Å²) < 4.78 is 12.0. The van der Waals surface area contributed by atoms with Crippen LogP contribution in [0.4, 0.5) is 4.39 Å². The Morgan fingerprint density at radius 3 is 2.62 bits per heavy atom. The second kappa shape index (κ2) is 2.22. The molecule has 0 amide bonds. The molecule has 0 spiro atoms. The van der Waals surface area contributed by atoms with E-state index in [9.17, 15) is 4.39 Å². The SMILES string of the molecule is CSc1ccc(F)[nH]1. The van der Waals surface area contributed by atoms with Crippen molar-refractivity contribution in [2.75, 3.05) is 6.26 Å². The highest BCUT2D eigenvalue weighted by atomic mass is 32.2. The summed E-state index contributed by atoms with van der Waals surface area (Å²) in [5, 5.41) is 0.863. The first kappa shape index (κ1) is 5.69. The summed E-state index contributed by atoms with van der Waals surface area (Å²) in [4.78, 5) is 2.52. The van der Waals surface area contributed by atoms with Gasteiger partial charge in [0.1, 0.15) is 0 Å². The van der Waals surface area contributed by atoms with E-state index in [2.05, 4.69) is 4.98 Å². The molecule has 0 aromatic carbocycles. The second-order valence-corrected chi connectivity index (χ2v) is 2.22. The van der Waals surface area contributed by atoms with Crippen LogP contribution >= 0.6 is 11.8 Å². The van der Waals surface area contributed by atoms with Crippen LogP contribution in [-0.4, -0.2) is 11.2 Å². The minimum absolute atomic E-state index is 0.269. The molecule has 0 bridgehead atoms. The van der Waals surface area contributed by atoms with Gasteiger partial charge in [0.15, 0.2) is 5.95 Å². The first-order valence-corrected chi connectivity index (χ1v) is 3.44. The fourth-order valence-corrected chi connectivity index (χ4v) is 0.873. The van der Waals surface area contributed by atoms with Gasteiger partial charge in [0.2, 0.25) is 0 Å². The molecular formula is C5H6FNS. The van der Waals surface area contributed by atoms with Crippen molar-refractivity contribution < 1.29 is 4.39 Å². The van der Waals surface area contributed by atoms with E-state index in [0.717, 1.165) is 5.03 Å². The Labute approximate surface area is 51.3 Å². The van der Waals surface area contributed by atoms with Crippen LogP contribution in [0.1, 0.15) is 0 Å². The molecule has 0 saturated carbocycles. The Balaban J connectivity index is 2.84. The summed E-state index contributed by atoms with van der Waals surface area (Å²) in [5.74, 6) is -0.269. The van der Waals surface area contributed by atoms with Gasteiger partial charge < -0.3 is 4.98 Å². The summed E-state index contributed by atoms with van der Waals surface area (Å²) in [7, 11) is 0. The van der Waals surface area contributed by atoms with Gasteiger partial charge in [0, 0.05) is 0 Å². The zero-order valence-corrected chi connectivity index (χ0v) is 5.26. The lowest BCUT2D eigenvalue weighted by molar-refractivity contribution is 0.585. The minimum Gasteiger partial charge on any atom is -0.327 e. The summed E-state index contributed by atoms with van der Waals surface area (Å²) in [5.41, 5.74) is 0. The molecule has 0 radical (unpaired) electrons.